The van der Waals surface area contributed by atoms with Crippen molar-refractivity contribution >= 4 is 11.6 Å². The summed E-state index contributed by atoms with van der Waals surface area (Å²) in [6.45, 7) is 11.9. The van der Waals surface area contributed by atoms with Crippen LogP contribution in [0.5, 0.6) is 5.75 Å². The van der Waals surface area contributed by atoms with Crippen molar-refractivity contribution in [2.75, 3.05) is 45.9 Å². The maximum Gasteiger partial charge on any atom is 0.119 e. The monoisotopic (exact) mass is 366 g/mol. The maximum atomic E-state index is 5.89. The summed E-state index contributed by atoms with van der Waals surface area (Å²) in [4.78, 5) is 5.12. The number of halogens is 1. The van der Waals surface area contributed by atoms with Crippen LogP contribution in [-0.2, 0) is 4.74 Å². The summed E-state index contributed by atoms with van der Waals surface area (Å²) in [5.41, 5.74) is 0. The van der Waals surface area contributed by atoms with Crippen LogP contribution in [0.4, 0.5) is 0 Å². The molecule has 5 heteroatoms. The van der Waals surface area contributed by atoms with Gasteiger partial charge in [0, 0.05) is 31.2 Å². The van der Waals surface area contributed by atoms with Gasteiger partial charge in [0.25, 0.3) is 0 Å². The molecule has 140 valence electrons. The van der Waals surface area contributed by atoms with Gasteiger partial charge in [-0.3, -0.25) is 9.80 Å². The Balaban J connectivity index is 1.32. The van der Waals surface area contributed by atoms with Gasteiger partial charge in [-0.25, -0.2) is 0 Å². The predicted octanol–water partition coefficient (Wildman–Crippen LogP) is 3.54. The van der Waals surface area contributed by atoms with Crippen molar-refractivity contribution in [2.45, 2.75) is 38.9 Å². The lowest BCUT2D eigenvalue weighted by molar-refractivity contribution is -0.0732. The number of hydrogen-bond donors (Lipinski definition) is 0. The van der Waals surface area contributed by atoms with Crippen molar-refractivity contribution in [1.29, 1.82) is 0 Å². The Kier molecular flexibility index (Phi) is 7.00. The number of hydrogen-bond acceptors (Lipinski definition) is 4. The average Bonchev–Trinajstić information content (AvgIpc) is 2.57. The summed E-state index contributed by atoms with van der Waals surface area (Å²) in [7, 11) is 0. The van der Waals surface area contributed by atoms with E-state index >= 15 is 0 Å². The lowest BCUT2D eigenvalue weighted by Crippen LogP contribution is -2.48. The molecule has 0 bridgehead atoms. The van der Waals surface area contributed by atoms with Gasteiger partial charge in [-0.1, -0.05) is 11.6 Å². The maximum absolute atomic E-state index is 5.89. The molecule has 0 spiro atoms. The molecule has 0 N–H and O–H groups in total. The highest BCUT2D eigenvalue weighted by atomic mass is 35.5. The molecule has 2 aliphatic rings. The molecule has 0 aromatic heterocycles. The number of nitrogens with zero attached hydrogens (tertiary/aromatic N) is 2. The normalized spacial score (nSPS) is 26.7. The second kappa shape index (κ2) is 9.22. The van der Waals surface area contributed by atoms with Crippen molar-refractivity contribution in [2.24, 2.45) is 5.92 Å². The molecule has 4 nitrogen and oxygen atoms in total. The molecule has 2 atom stereocenters. The van der Waals surface area contributed by atoms with Crippen LogP contribution >= 0.6 is 11.6 Å². The van der Waals surface area contributed by atoms with Crippen LogP contribution in [-0.4, -0.2) is 67.9 Å². The first-order valence-electron chi connectivity index (χ1n) is 9.57. The minimum atomic E-state index is 0.369. The Morgan fingerprint density at radius 1 is 1.04 bits per heavy atom. The molecule has 3 rings (SSSR count). The second-order valence-corrected chi connectivity index (χ2v) is 8.00. The fourth-order valence-corrected chi connectivity index (χ4v) is 4.14. The van der Waals surface area contributed by atoms with E-state index in [9.17, 15) is 0 Å². The summed E-state index contributed by atoms with van der Waals surface area (Å²) < 4.78 is 11.7. The first-order valence-corrected chi connectivity index (χ1v) is 9.95. The van der Waals surface area contributed by atoms with Crippen LogP contribution in [0, 0.1) is 5.92 Å². The number of benzene rings is 1. The molecule has 2 unspecified atom stereocenters. The van der Waals surface area contributed by atoms with Crippen LogP contribution in [0.25, 0.3) is 0 Å². The Hall–Kier alpha value is -0.810. The summed E-state index contributed by atoms with van der Waals surface area (Å²) in [5, 5.41) is 0.749. The fraction of sp³-hybridized carbons (Fsp3) is 0.700. The van der Waals surface area contributed by atoms with Gasteiger partial charge in [-0.05, 0) is 70.0 Å². The molecule has 1 aromatic rings. The molecule has 1 aromatic carbocycles. The first-order chi connectivity index (χ1) is 12.1. The van der Waals surface area contributed by atoms with Gasteiger partial charge >= 0.3 is 0 Å². The lowest BCUT2D eigenvalue weighted by Gasteiger charge is -2.39. The van der Waals surface area contributed by atoms with Crippen LogP contribution in [0.2, 0.25) is 5.02 Å². The van der Waals surface area contributed by atoms with Crippen molar-refractivity contribution in [3.8, 4) is 5.75 Å². The molecule has 0 amide bonds. The topological polar surface area (TPSA) is 24.9 Å². The SMILES string of the molecule is CC1CN(CC2CCN(CCOc3ccc(Cl)cc3)CC2)CC(C)O1. The van der Waals surface area contributed by atoms with E-state index in [2.05, 4.69) is 23.6 Å². The molecule has 2 aliphatic heterocycles. The minimum absolute atomic E-state index is 0.369. The van der Waals surface area contributed by atoms with E-state index in [1.165, 1.54) is 32.5 Å². The van der Waals surface area contributed by atoms with Crippen molar-refractivity contribution < 1.29 is 9.47 Å². The molecular weight excluding hydrogens is 336 g/mol. The Labute approximate surface area is 157 Å². The van der Waals surface area contributed by atoms with Gasteiger partial charge in [-0.2, -0.15) is 0 Å². The van der Waals surface area contributed by atoms with E-state index in [1.54, 1.807) is 0 Å². The van der Waals surface area contributed by atoms with Gasteiger partial charge in [0.05, 0.1) is 12.2 Å². The third kappa shape index (κ3) is 6.14. The molecule has 2 heterocycles. The first kappa shape index (κ1) is 19.0. The van der Waals surface area contributed by atoms with Gasteiger partial charge in [-0.15, -0.1) is 0 Å². The van der Waals surface area contributed by atoms with Crippen LogP contribution in [0.1, 0.15) is 26.7 Å². The van der Waals surface area contributed by atoms with Crippen molar-refractivity contribution in [3.63, 3.8) is 0 Å². The zero-order valence-electron chi connectivity index (χ0n) is 15.5. The summed E-state index contributed by atoms with van der Waals surface area (Å²) in [6, 6.07) is 7.60. The third-order valence-electron chi connectivity index (χ3n) is 5.21. The van der Waals surface area contributed by atoms with Crippen molar-refractivity contribution in [3.05, 3.63) is 29.3 Å². The minimum Gasteiger partial charge on any atom is -0.492 e. The van der Waals surface area contributed by atoms with Crippen LogP contribution in [0.15, 0.2) is 24.3 Å². The lowest BCUT2D eigenvalue weighted by atomic mass is 9.95. The number of rotatable bonds is 6. The average molecular weight is 367 g/mol. The highest BCUT2D eigenvalue weighted by molar-refractivity contribution is 6.30. The highest BCUT2D eigenvalue weighted by Gasteiger charge is 2.26. The van der Waals surface area contributed by atoms with E-state index in [0.717, 1.165) is 42.9 Å². The molecule has 0 radical (unpaired) electrons. The summed E-state index contributed by atoms with van der Waals surface area (Å²) in [5.74, 6) is 1.72. The molecule has 0 saturated carbocycles. The van der Waals surface area contributed by atoms with E-state index < -0.39 is 0 Å². The van der Waals surface area contributed by atoms with Gasteiger partial charge in [0.1, 0.15) is 12.4 Å². The third-order valence-corrected chi connectivity index (χ3v) is 5.46. The van der Waals surface area contributed by atoms with E-state index in [0.29, 0.717) is 12.2 Å². The number of piperidine rings is 1. The smallest absolute Gasteiger partial charge is 0.119 e. The molecule has 0 aliphatic carbocycles. The molecule has 2 saturated heterocycles. The van der Waals surface area contributed by atoms with Gasteiger partial charge in [0.15, 0.2) is 0 Å². The van der Waals surface area contributed by atoms with Gasteiger partial charge in [0.2, 0.25) is 0 Å². The fourth-order valence-electron chi connectivity index (χ4n) is 4.01. The predicted molar refractivity (Wildman–Crippen MR) is 103 cm³/mol. The summed E-state index contributed by atoms with van der Waals surface area (Å²) in [6.07, 6.45) is 3.32. The van der Waals surface area contributed by atoms with E-state index in [4.69, 9.17) is 21.1 Å². The highest BCUT2D eigenvalue weighted by Crippen LogP contribution is 2.21. The Morgan fingerprint density at radius 3 is 2.32 bits per heavy atom. The zero-order valence-corrected chi connectivity index (χ0v) is 16.3. The molecule has 25 heavy (non-hydrogen) atoms. The number of likely N-dealkylation sites (tertiary alicyclic amines) is 1. The van der Waals surface area contributed by atoms with E-state index in [-0.39, 0.29) is 0 Å². The Bertz CT molecular complexity index is 507. The number of ether oxygens (including phenoxy) is 2. The number of morpholine rings is 1. The molecular formula is C20H31ClN2O2. The zero-order chi connectivity index (χ0) is 17.6. The van der Waals surface area contributed by atoms with Crippen LogP contribution < -0.4 is 4.74 Å². The Morgan fingerprint density at radius 2 is 1.68 bits per heavy atom. The van der Waals surface area contributed by atoms with Gasteiger partial charge < -0.3 is 9.47 Å². The second-order valence-electron chi connectivity index (χ2n) is 7.56. The summed E-state index contributed by atoms with van der Waals surface area (Å²) >= 11 is 5.89. The largest absolute Gasteiger partial charge is 0.492 e. The quantitative estimate of drug-likeness (QED) is 0.768. The standard InChI is InChI=1S/C20H31ClN2O2/c1-16-13-23(14-17(2)25-16)15-18-7-9-22(10-8-18)11-12-24-20-5-3-19(21)4-6-20/h3-6,16-18H,7-15H2,1-2H3. The van der Waals surface area contributed by atoms with Crippen molar-refractivity contribution in [1.82, 2.24) is 9.80 Å². The van der Waals surface area contributed by atoms with Crippen LogP contribution in [0.3, 0.4) is 0 Å². The molecule has 2 fully saturated rings. The van der Waals surface area contributed by atoms with E-state index in [1.807, 2.05) is 24.3 Å².